The highest BCUT2D eigenvalue weighted by atomic mass is 35.5. The molecule has 0 aliphatic carbocycles. The van der Waals surface area contributed by atoms with Crippen LogP contribution in [0.3, 0.4) is 0 Å². The summed E-state index contributed by atoms with van der Waals surface area (Å²) >= 11 is 5.94. The van der Waals surface area contributed by atoms with Gasteiger partial charge in [-0.1, -0.05) is 24.6 Å². The van der Waals surface area contributed by atoms with Crippen LogP contribution >= 0.6 is 11.6 Å². The standard InChI is InChI=1S/C13H18ClNO/c1-2-13(10-6-7-15-9-10)16-12-5-3-4-11(14)8-12/h3-5,8,10,13,15H,2,6-7,9H2,1H3/t10?,13-/m0/s1. The molecule has 0 saturated carbocycles. The van der Waals surface area contributed by atoms with Gasteiger partial charge in [0.2, 0.25) is 0 Å². The summed E-state index contributed by atoms with van der Waals surface area (Å²) in [4.78, 5) is 0. The average molecular weight is 240 g/mol. The van der Waals surface area contributed by atoms with E-state index in [1.54, 1.807) is 0 Å². The normalized spacial score (nSPS) is 22.0. The van der Waals surface area contributed by atoms with E-state index in [-0.39, 0.29) is 0 Å². The average Bonchev–Trinajstić information content (AvgIpc) is 2.79. The van der Waals surface area contributed by atoms with Crippen molar-refractivity contribution in [2.24, 2.45) is 5.92 Å². The van der Waals surface area contributed by atoms with Gasteiger partial charge in [0.15, 0.2) is 0 Å². The maximum Gasteiger partial charge on any atom is 0.121 e. The van der Waals surface area contributed by atoms with Crippen molar-refractivity contribution in [1.82, 2.24) is 5.32 Å². The molecule has 1 N–H and O–H groups in total. The highest BCUT2D eigenvalue weighted by Gasteiger charge is 2.24. The Morgan fingerprint density at radius 3 is 3.06 bits per heavy atom. The summed E-state index contributed by atoms with van der Waals surface area (Å²) in [6.07, 6.45) is 2.55. The van der Waals surface area contributed by atoms with Crippen LogP contribution in [0.25, 0.3) is 0 Å². The van der Waals surface area contributed by atoms with Crippen LogP contribution in [0.2, 0.25) is 5.02 Å². The Hall–Kier alpha value is -0.730. The number of nitrogens with one attached hydrogen (secondary N) is 1. The molecule has 1 saturated heterocycles. The Bertz CT molecular complexity index is 336. The molecule has 16 heavy (non-hydrogen) atoms. The van der Waals surface area contributed by atoms with E-state index in [2.05, 4.69) is 12.2 Å². The predicted octanol–water partition coefficient (Wildman–Crippen LogP) is 3.11. The Balaban J connectivity index is 2.00. The van der Waals surface area contributed by atoms with Gasteiger partial charge in [-0.15, -0.1) is 0 Å². The van der Waals surface area contributed by atoms with Crippen LogP contribution in [0.1, 0.15) is 19.8 Å². The van der Waals surface area contributed by atoms with Crippen molar-refractivity contribution in [3.8, 4) is 5.75 Å². The number of rotatable bonds is 4. The van der Waals surface area contributed by atoms with Crippen molar-refractivity contribution in [2.75, 3.05) is 13.1 Å². The van der Waals surface area contributed by atoms with Crippen LogP contribution in [0.4, 0.5) is 0 Å². The lowest BCUT2D eigenvalue weighted by Crippen LogP contribution is -2.28. The summed E-state index contributed by atoms with van der Waals surface area (Å²) in [6, 6.07) is 7.65. The van der Waals surface area contributed by atoms with Gasteiger partial charge in [-0.05, 0) is 37.6 Å². The molecule has 1 unspecified atom stereocenters. The second kappa shape index (κ2) is 5.55. The molecule has 3 heteroatoms. The molecule has 0 spiro atoms. The second-order valence-corrected chi connectivity index (χ2v) is 4.71. The zero-order chi connectivity index (χ0) is 11.4. The molecule has 0 aromatic heterocycles. The third-order valence-corrected chi connectivity index (χ3v) is 3.35. The first-order valence-electron chi connectivity index (χ1n) is 5.92. The molecule has 1 aromatic carbocycles. The van der Waals surface area contributed by atoms with Crippen molar-refractivity contribution >= 4 is 11.6 Å². The summed E-state index contributed by atoms with van der Waals surface area (Å²) in [6.45, 7) is 4.35. The summed E-state index contributed by atoms with van der Waals surface area (Å²) in [5, 5.41) is 4.11. The molecular weight excluding hydrogens is 222 g/mol. The third kappa shape index (κ3) is 2.89. The minimum atomic E-state index is 0.300. The van der Waals surface area contributed by atoms with Crippen molar-refractivity contribution in [3.05, 3.63) is 29.3 Å². The van der Waals surface area contributed by atoms with Crippen LogP contribution in [-0.2, 0) is 0 Å². The monoisotopic (exact) mass is 239 g/mol. The number of hydrogen-bond acceptors (Lipinski definition) is 2. The molecular formula is C13H18ClNO. The first kappa shape index (κ1) is 11.7. The van der Waals surface area contributed by atoms with Crippen molar-refractivity contribution < 1.29 is 4.74 Å². The van der Waals surface area contributed by atoms with Gasteiger partial charge >= 0.3 is 0 Å². The van der Waals surface area contributed by atoms with Gasteiger partial charge < -0.3 is 10.1 Å². The zero-order valence-corrected chi connectivity index (χ0v) is 10.3. The van der Waals surface area contributed by atoms with E-state index in [4.69, 9.17) is 16.3 Å². The van der Waals surface area contributed by atoms with Gasteiger partial charge in [0, 0.05) is 17.5 Å². The van der Waals surface area contributed by atoms with Gasteiger partial charge in [0.1, 0.15) is 11.9 Å². The maximum absolute atomic E-state index is 6.00. The van der Waals surface area contributed by atoms with Crippen molar-refractivity contribution in [3.63, 3.8) is 0 Å². The summed E-state index contributed by atoms with van der Waals surface area (Å²) in [7, 11) is 0. The Morgan fingerprint density at radius 2 is 2.44 bits per heavy atom. The predicted molar refractivity (Wildman–Crippen MR) is 67.1 cm³/mol. The molecule has 2 rings (SSSR count). The fraction of sp³-hybridized carbons (Fsp3) is 0.538. The van der Waals surface area contributed by atoms with E-state index in [1.807, 2.05) is 24.3 Å². The molecule has 2 atom stereocenters. The first-order valence-corrected chi connectivity index (χ1v) is 6.30. The lowest BCUT2D eigenvalue weighted by atomic mass is 9.99. The van der Waals surface area contributed by atoms with Gasteiger partial charge in [0.25, 0.3) is 0 Å². The number of hydrogen-bond donors (Lipinski definition) is 1. The molecule has 0 amide bonds. The van der Waals surface area contributed by atoms with Crippen LogP contribution < -0.4 is 10.1 Å². The van der Waals surface area contributed by atoms with Crippen LogP contribution in [0, 0.1) is 5.92 Å². The Morgan fingerprint density at radius 1 is 1.56 bits per heavy atom. The van der Waals surface area contributed by atoms with E-state index in [0.717, 1.165) is 30.3 Å². The maximum atomic E-state index is 6.00. The molecule has 0 bridgehead atoms. The zero-order valence-electron chi connectivity index (χ0n) is 9.58. The molecule has 0 radical (unpaired) electrons. The van der Waals surface area contributed by atoms with Crippen molar-refractivity contribution in [2.45, 2.75) is 25.9 Å². The van der Waals surface area contributed by atoms with E-state index >= 15 is 0 Å². The van der Waals surface area contributed by atoms with Gasteiger partial charge in [-0.3, -0.25) is 0 Å². The second-order valence-electron chi connectivity index (χ2n) is 4.27. The van der Waals surface area contributed by atoms with E-state index in [9.17, 15) is 0 Å². The van der Waals surface area contributed by atoms with E-state index in [0.29, 0.717) is 12.0 Å². The van der Waals surface area contributed by atoms with Crippen LogP contribution in [0.15, 0.2) is 24.3 Å². The smallest absolute Gasteiger partial charge is 0.121 e. The van der Waals surface area contributed by atoms with Gasteiger partial charge in [-0.25, -0.2) is 0 Å². The highest BCUT2D eigenvalue weighted by molar-refractivity contribution is 6.30. The highest BCUT2D eigenvalue weighted by Crippen LogP contribution is 2.24. The van der Waals surface area contributed by atoms with Gasteiger partial charge in [-0.2, -0.15) is 0 Å². The molecule has 1 aliphatic rings. The number of benzene rings is 1. The van der Waals surface area contributed by atoms with Gasteiger partial charge in [0.05, 0.1) is 0 Å². The summed E-state index contributed by atoms with van der Waals surface area (Å²) in [5.74, 6) is 1.51. The molecule has 1 fully saturated rings. The number of halogens is 1. The number of ether oxygens (including phenoxy) is 1. The fourth-order valence-corrected chi connectivity index (χ4v) is 2.40. The molecule has 88 valence electrons. The molecule has 2 nitrogen and oxygen atoms in total. The lowest BCUT2D eigenvalue weighted by molar-refractivity contribution is 0.138. The van der Waals surface area contributed by atoms with Crippen molar-refractivity contribution in [1.29, 1.82) is 0 Å². The molecule has 1 heterocycles. The third-order valence-electron chi connectivity index (χ3n) is 3.11. The van der Waals surface area contributed by atoms with Crippen LogP contribution in [0.5, 0.6) is 5.75 Å². The largest absolute Gasteiger partial charge is 0.490 e. The Kier molecular flexibility index (Phi) is 4.08. The minimum Gasteiger partial charge on any atom is -0.490 e. The van der Waals surface area contributed by atoms with E-state index in [1.165, 1.54) is 6.42 Å². The summed E-state index contributed by atoms with van der Waals surface area (Å²) < 4.78 is 6.00. The first-order chi connectivity index (χ1) is 7.79. The topological polar surface area (TPSA) is 21.3 Å². The minimum absolute atomic E-state index is 0.300. The fourth-order valence-electron chi connectivity index (χ4n) is 2.22. The molecule has 1 aliphatic heterocycles. The summed E-state index contributed by atoms with van der Waals surface area (Å²) in [5.41, 5.74) is 0. The lowest BCUT2D eigenvalue weighted by Gasteiger charge is -2.23. The quantitative estimate of drug-likeness (QED) is 0.872. The van der Waals surface area contributed by atoms with Crippen LogP contribution in [-0.4, -0.2) is 19.2 Å². The van der Waals surface area contributed by atoms with E-state index < -0.39 is 0 Å². The molecule has 1 aromatic rings. The Labute approximate surface area is 102 Å². The SMILES string of the molecule is CC[C@H](Oc1cccc(Cl)c1)C1CCNC1.